The van der Waals surface area contributed by atoms with E-state index >= 15 is 0 Å². The first-order chi connectivity index (χ1) is 17.3. The van der Waals surface area contributed by atoms with Crippen molar-refractivity contribution in [1.29, 1.82) is 0 Å². The zero-order valence-electron chi connectivity index (χ0n) is 19.0. The molecule has 1 unspecified atom stereocenters. The summed E-state index contributed by atoms with van der Waals surface area (Å²) in [5.41, 5.74) is 0.248. The van der Waals surface area contributed by atoms with Gasteiger partial charge < -0.3 is 23.5 Å². The van der Waals surface area contributed by atoms with Gasteiger partial charge in [-0.1, -0.05) is 11.6 Å². The van der Waals surface area contributed by atoms with Gasteiger partial charge in [0, 0.05) is 23.9 Å². The summed E-state index contributed by atoms with van der Waals surface area (Å²) in [4.78, 5) is 18.5. The highest BCUT2D eigenvalue weighted by Gasteiger charge is 2.32. The molecule has 0 radical (unpaired) electrons. The minimum Gasteiger partial charge on any atom is -0.487 e. The molecule has 5 rings (SSSR count). The number of aromatic nitrogens is 1. The van der Waals surface area contributed by atoms with Crippen LogP contribution in [0.4, 0.5) is 13.2 Å². The van der Waals surface area contributed by atoms with Crippen LogP contribution < -0.4 is 9.47 Å². The molecule has 2 aliphatic rings. The number of pyridine rings is 1. The fourth-order valence-electron chi connectivity index (χ4n) is 4.22. The first-order valence-corrected chi connectivity index (χ1v) is 11.8. The summed E-state index contributed by atoms with van der Waals surface area (Å²) in [5.74, 6) is 0.712. The summed E-state index contributed by atoms with van der Waals surface area (Å²) < 4.78 is 62.3. The summed E-state index contributed by atoms with van der Waals surface area (Å²) in [7, 11) is 0. The van der Waals surface area contributed by atoms with Crippen molar-refractivity contribution in [3.8, 4) is 22.8 Å². The zero-order valence-corrected chi connectivity index (χ0v) is 19.8. The number of fused-ring (bicyclic) bond motifs is 1. The minimum atomic E-state index is -4.57. The van der Waals surface area contributed by atoms with E-state index < -0.39 is 11.7 Å². The van der Waals surface area contributed by atoms with E-state index in [1.165, 1.54) is 6.26 Å². The lowest BCUT2D eigenvalue weighted by Crippen LogP contribution is -2.32. The minimum absolute atomic E-state index is 0.0695. The van der Waals surface area contributed by atoms with E-state index in [1.807, 2.05) is 0 Å². The molecular weight excluding hydrogens is 501 g/mol. The van der Waals surface area contributed by atoms with Crippen molar-refractivity contribution >= 4 is 17.5 Å². The molecule has 1 aromatic carbocycles. The number of nitrogens with zero attached hydrogens (tertiary/aromatic N) is 2. The topological polar surface area (TPSA) is 74.0 Å². The first-order valence-electron chi connectivity index (χ1n) is 11.4. The summed E-state index contributed by atoms with van der Waals surface area (Å²) in [6.45, 7) is 1.62. The van der Waals surface area contributed by atoms with Crippen LogP contribution in [0.25, 0.3) is 11.3 Å². The van der Waals surface area contributed by atoms with Crippen LogP contribution in [-0.2, 0) is 17.5 Å². The zero-order chi connectivity index (χ0) is 25.3. The molecule has 1 atom stereocenters. The molecule has 36 heavy (non-hydrogen) atoms. The number of carbonyl (C=O) groups is 1. The Morgan fingerprint density at radius 3 is 2.81 bits per heavy atom. The molecule has 0 N–H and O–H groups in total. The van der Waals surface area contributed by atoms with Gasteiger partial charge in [-0.15, -0.1) is 0 Å². The molecule has 7 nitrogen and oxygen atoms in total. The monoisotopic (exact) mass is 522 g/mol. The van der Waals surface area contributed by atoms with Crippen LogP contribution in [0.1, 0.15) is 34.5 Å². The Balaban J connectivity index is 1.52. The van der Waals surface area contributed by atoms with Crippen molar-refractivity contribution in [1.82, 2.24) is 9.88 Å². The van der Waals surface area contributed by atoms with Gasteiger partial charge in [0.15, 0.2) is 17.3 Å². The Morgan fingerprint density at radius 1 is 1.25 bits per heavy atom. The lowest BCUT2D eigenvalue weighted by atomic mass is 10.0. The molecule has 11 heteroatoms. The van der Waals surface area contributed by atoms with Gasteiger partial charge in [0.2, 0.25) is 0 Å². The van der Waals surface area contributed by atoms with Crippen molar-refractivity contribution in [3.63, 3.8) is 0 Å². The van der Waals surface area contributed by atoms with Gasteiger partial charge >= 0.3 is 6.18 Å². The quantitative estimate of drug-likeness (QED) is 0.434. The van der Waals surface area contributed by atoms with E-state index in [9.17, 15) is 18.0 Å². The Labute approximate surface area is 209 Å². The number of furan rings is 1. The average molecular weight is 523 g/mol. The van der Waals surface area contributed by atoms with Crippen molar-refractivity contribution in [2.75, 3.05) is 26.4 Å². The van der Waals surface area contributed by atoms with Crippen LogP contribution in [-0.4, -0.2) is 48.3 Å². The number of ether oxygens (including phenoxy) is 3. The van der Waals surface area contributed by atoms with E-state index in [1.54, 1.807) is 29.2 Å². The molecule has 0 spiro atoms. The fraction of sp³-hybridized carbons (Fsp3) is 0.360. The summed E-state index contributed by atoms with van der Waals surface area (Å²) >= 11 is 6.23. The highest BCUT2D eigenvalue weighted by Crippen LogP contribution is 2.41. The number of carbonyl (C=O) groups excluding carboxylic acids is 1. The van der Waals surface area contributed by atoms with Crippen molar-refractivity contribution < 1.29 is 36.6 Å². The normalized spacial score (nSPS) is 17.9. The number of hydrogen-bond donors (Lipinski definition) is 0. The molecule has 0 saturated carbocycles. The van der Waals surface area contributed by atoms with Gasteiger partial charge in [0.05, 0.1) is 41.7 Å². The molecular formula is C25H22ClF3N2O5. The third kappa shape index (κ3) is 5.15. The number of alkyl halides is 3. The van der Waals surface area contributed by atoms with Gasteiger partial charge in [-0.3, -0.25) is 9.78 Å². The molecule has 3 aromatic rings. The maximum atomic E-state index is 13.1. The van der Waals surface area contributed by atoms with Gasteiger partial charge in [-0.2, -0.15) is 13.2 Å². The van der Waals surface area contributed by atoms with E-state index in [2.05, 4.69) is 4.98 Å². The molecule has 0 aliphatic carbocycles. The third-order valence-electron chi connectivity index (χ3n) is 6.01. The second-order valence-corrected chi connectivity index (χ2v) is 8.92. The Hall–Kier alpha value is -3.24. The van der Waals surface area contributed by atoms with Crippen LogP contribution in [0.15, 0.2) is 47.2 Å². The molecule has 1 amide bonds. The fourth-order valence-corrected chi connectivity index (χ4v) is 4.50. The highest BCUT2D eigenvalue weighted by molar-refractivity contribution is 6.33. The number of amides is 1. The van der Waals surface area contributed by atoms with Crippen LogP contribution in [0.3, 0.4) is 0 Å². The Kier molecular flexibility index (Phi) is 6.81. The maximum absolute atomic E-state index is 13.1. The van der Waals surface area contributed by atoms with Crippen LogP contribution in [0.5, 0.6) is 11.5 Å². The van der Waals surface area contributed by atoms with Gasteiger partial charge in [-0.25, -0.2) is 0 Å². The third-order valence-corrected chi connectivity index (χ3v) is 6.30. The molecule has 1 saturated heterocycles. The van der Waals surface area contributed by atoms with Crippen LogP contribution >= 0.6 is 11.6 Å². The summed E-state index contributed by atoms with van der Waals surface area (Å²) in [5, 5.41) is -0.159. The Bertz CT molecular complexity index is 1240. The molecule has 2 aromatic heterocycles. The number of hydrogen-bond acceptors (Lipinski definition) is 6. The van der Waals surface area contributed by atoms with Crippen molar-refractivity contribution in [3.05, 3.63) is 64.7 Å². The maximum Gasteiger partial charge on any atom is 0.417 e. The lowest BCUT2D eigenvalue weighted by molar-refractivity contribution is -0.137. The largest absolute Gasteiger partial charge is 0.487 e. The van der Waals surface area contributed by atoms with Crippen LogP contribution in [0, 0.1) is 0 Å². The van der Waals surface area contributed by atoms with E-state index in [0.29, 0.717) is 35.8 Å². The average Bonchev–Trinajstić information content (AvgIpc) is 3.53. The second-order valence-electron chi connectivity index (χ2n) is 8.51. The molecule has 4 heterocycles. The van der Waals surface area contributed by atoms with Gasteiger partial charge in [-0.05, 0) is 43.2 Å². The summed E-state index contributed by atoms with van der Waals surface area (Å²) in [6.07, 6.45) is -0.678. The summed E-state index contributed by atoms with van der Waals surface area (Å²) in [6, 6.07) is 7.38. The highest BCUT2D eigenvalue weighted by atomic mass is 35.5. The van der Waals surface area contributed by atoms with E-state index in [0.717, 1.165) is 25.1 Å². The number of rotatable bonds is 5. The van der Waals surface area contributed by atoms with Gasteiger partial charge in [0.25, 0.3) is 5.91 Å². The predicted octanol–water partition coefficient (Wildman–Crippen LogP) is 5.61. The van der Waals surface area contributed by atoms with E-state index in [4.69, 9.17) is 30.2 Å². The smallest absolute Gasteiger partial charge is 0.417 e. The SMILES string of the molecule is O=C(c1ccco1)N1CCOc2c(cc(-c3ncc(C(F)(F)F)cc3Cl)cc2OCC2CCCO2)C1. The second kappa shape index (κ2) is 10.0. The first kappa shape index (κ1) is 24.5. The standard InChI is InChI=1S/C25H22ClF3N2O5/c26-19-11-17(25(27,28)29)12-30-22(19)15-9-16-13-31(24(32)20-4-2-7-34-20)5-8-35-23(16)21(10-15)36-14-18-3-1-6-33-18/h2,4,7,9-12,18H,1,3,5-6,8,13-14H2. The van der Waals surface area contributed by atoms with Crippen molar-refractivity contribution in [2.24, 2.45) is 0 Å². The number of halogens is 4. The molecule has 0 bridgehead atoms. The molecule has 1 fully saturated rings. The van der Waals surface area contributed by atoms with Gasteiger partial charge in [0.1, 0.15) is 13.2 Å². The van der Waals surface area contributed by atoms with E-state index in [-0.39, 0.29) is 48.2 Å². The van der Waals surface area contributed by atoms with Crippen molar-refractivity contribution in [2.45, 2.75) is 31.7 Å². The van der Waals surface area contributed by atoms with Crippen LogP contribution in [0.2, 0.25) is 5.02 Å². The molecule has 190 valence electrons. The predicted molar refractivity (Wildman–Crippen MR) is 123 cm³/mol. The lowest BCUT2D eigenvalue weighted by Gasteiger charge is -2.20. The number of benzene rings is 1. The molecule has 2 aliphatic heterocycles. The Morgan fingerprint density at radius 2 is 2.11 bits per heavy atom.